The van der Waals surface area contributed by atoms with Gasteiger partial charge in [0.05, 0.1) is 6.61 Å². The van der Waals surface area contributed by atoms with Gasteiger partial charge >= 0.3 is 0 Å². The molecule has 0 aliphatic carbocycles. The van der Waals surface area contributed by atoms with Crippen molar-refractivity contribution in [2.24, 2.45) is 0 Å². The van der Waals surface area contributed by atoms with E-state index in [1.807, 2.05) is 24.3 Å². The molecular weight excluding hydrogens is 258 g/mol. The SMILES string of the molecule is SCCOc1ccccc1OCCN1CCCCC1. The van der Waals surface area contributed by atoms with E-state index in [4.69, 9.17) is 9.47 Å². The van der Waals surface area contributed by atoms with Crippen LogP contribution in [-0.2, 0) is 0 Å². The first-order valence-corrected chi connectivity index (χ1v) is 7.71. The predicted octanol–water partition coefficient (Wildman–Crippen LogP) is 2.86. The summed E-state index contributed by atoms with van der Waals surface area (Å²) in [5, 5.41) is 0. The highest BCUT2D eigenvalue weighted by Gasteiger charge is 2.10. The van der Waals surface area contributed by atoms with Crippen molar-refractivity contribution in [1.29, 1.82) is 0 Å². The van der Waals surface area contributed by atoms with Crippen LogP contribution in [0.15, 0.2) is 24.3 Å². The Kier molecular flexibility index (Phi) is 6.37. The van der Waals surface area contributed by atoms with Gasteiger partial charge in [0.1, 0.15) is 6.61 Å². The number of piperidine rings is 1. The van der Waals surface area contributed by atoms with E-state index >= 15 is 0 Å². The van der Waals surface area contributed by atoms with Gasteiger partial charge in [-0.05, 0) is 38.1 Å². The molecule has 0 amide bonds. The minimum absolute atomic E-state index is 0.607. The highest BCUT2D eigenvalue weighted by molar-refractivity contribution is 7.80. The summed E-state index contributed by atoms with van der Waals surface area (Å²) in [6.45, 7) is 4.75. The van der Waals surface area contributed by atoms with E-state index in [0.717, 1.165) is 24.7 Å². The number of hydrogen-bond donors (Lipinski definition) is 1. The van der Waals surface area contributed by atoms with Gasteiger partial charge in [0.15, 0.2) is 11.5 Å². The summed E-state index contributed by atoms with van der Waals surface area (Å²) >= 11 is 4.15. The van der Waals surface area contributed by atoms with Gasteiger partial charge in [-0.25, -0.2) is 0 Å². The smallest absolute Gasteiger partial charge is 0.161 e. The monoisotopic (exact) mass is 281 g/mol. The fraction of sp³-hybridized carbons (Fsp3) is 0.600. The van der Waals surface area contributed by atoms with E-state index in [1.54, 1.807) is 0 Å². The Morgan fingerprint density at radius 1 is 0.947 bits per heavy atom. The first kappa shape index (κ1) is 14.5. The van der Waals surface area contributed by atoms with Crippen molar-refractivity contribution >= 4 is 12.6 Å². The highest BCUT2D eigenvalue weighted by Crippen LogP contribution is 2.26. The molecule has 0 spiro atoms. The van der Waals surface area contributed by atoms with Crippen LogP contribution >= 0.6 is 12.6 Å². The Labute approximate surface area is 121 Å². The Balaban J connectivity index is 1.77. The number of ether oxygens (including phenoxy) is 2. The molecule has 0 radical (unpaired) electrons. The van der Waals surface area contributed by atoms with E-state index in [1.165, 1.54) is 32.4 Å². The van der Waals surface area contributed by atoms with Gasteiger partial charge in [-0.1, -0.05) is 18.6 Å². The topological polar surface area (TPSA) is 21.7 Å². The van der Waals surface area contributed by atoms with Crippen molar-refractivity contribution in [3.05, 3.63) is 24.3 Å². The summed E-state index contributed by atoms with van der Waals surface area (Å²) in [4.78, 5) is 2.47. The lowest BCUT2D eigenvalue weighted by Crippen LogP contribution is -2.33. The van der Waals surface area contributed by atoms with Gasteiger partial charge in [0, 0.05) is 12.3 Å². The summed E-state index contributed by atoms with van der Waals surface area (Å²) in [5.74, 6) is 2.36. The number of benzene rings is 1. The maximum atomic E-state index is 5.85. The van der Waals surface area contributed by atoms with Crippen molar-refractivity contribution in [3.8, 4) is 11.5 Å². The average Bonchev–Trinajstić information content (AvgIpc) is 2.47. The summed E-state index contributed by atoms with van der Waals surface area (Å²) in [7, 11) is 0. The van der Waals surface area contributed by atoms with E-state index in [-0.39, 0.29) is 0 Å². The third-order valence-corrected chi connectivity index (χ3v) is 3.49. The molecular formula is C15H23NO2S. The zero-order chi connectivity index (χ0) is 13.3. The van der Waals surface area contributed by atoms with E-state index < -0.39 is 0 Å². The van der Waals surface area contributed by atoms with Crippen LogP contribution in [0.25, 0.3) is 0 Å². The zero-order valence-electron chi connectivity index (χ0n) is 11.4. The molecule has 0 saturated carbocycles. The molecule has 0 atom stereocenters. The van der Waals surface area contributed by atoms with E-state index in [0.29, 0.717) is 12.4 Å². The molecule has 4 heteroatoms. The van der Waals surface area contributed by atoms with Crippen molar-refractivity contribution < 1.29 is 9.47 Å². The molecule has 1 saturated heterocycles. The molecule has 2 rings (SSSR count). The van der Waals surface area contributed by atoms with Gasteiger partial charge < -0.3 is 9.47 Å². The van der Waals surface area contributed by atoms with Crippen LogP contribution in [0.5, 0.6) is 11.5 Å². The van der Waals surface area contributed by atoms with Crippen LogP contribution in [0.2, 0.25) is 0 Å². The third-order valence-electron chi connectivity index (χ3n) is 3.31. The lowest BCUT2D eigenvalue weighted by Gasteiger charge is -2.26. The van der Waals surface area contributed by atoms with Crippen molar-refractivity contribution in [3.63, 3.8) is 0 Å². The number of hydrogen-bond acceptors (Lipinski definition) is 4. The summed E-state index contributed by atoms with van der Waals surface area (Å²) < 4.78 is 11.5. The average molecular weight is 281 g/mol. The van der Waals surface area contributed by atoms with Gasteiger partial charge in [0.25, 0.3) is 0 Å². The van der Waals surface area contributed by atoms with Gasteiger partial charge in [-0.15, -0.1) is 0 Å². The molecule has 106 valence electrons. The maximum absolute atomic E-state index is 5.85. The Hall–Kier alpha value is -0.870. The molecule has 19 heavy (non-hydrogen) atoms. The standard InChI is InChI=1S/C15H23NO2S/c19-13-12-18-15-7-3-2-6-14(15)17-11-10-16-8-4-1-5-9-16/h2-3,6-7,19H,1,4-5,8-13H2. The molecule has 1 fully saturated rings. The summed E-state index contributed by atoms with van der Waals surface area (Å²) in [5.41, 5.74) is 0. The molecule has 1 aliphatic heterocycles. The molecule has 0 unspecified atom stereocenters. The van der Waals surface area contributed by atoms with Gasteiger partial charge in [-0.2, -0.15) is 12.6 Å². The molecule has 1 heterocycles. The number of nitrogens with zero attached hydrogens (tertiary/aromatic N) is 1. The Morgan fingerprint density at radius 2 is 1.58 bits per heavy atom. The fourth-order valence-corrected chi connectivity index (χ4v) is 2.40. The molecule has 0 aromatic heterocycles. The fourth-order valence-electron chi connectivity index (χ4n) is 2.31. The Bertz CT molecular complexity index is 367. The second-order valence-electron chi connectivity index (χ2n) is 4.77. The first-order chi connectivity index (χ1) is 9.40. The van der Waals surface area contributed by atoms with Gasteiger partial charge in [0.2, 0.25) is 0 Å². The van der Waals surface area contributed by atoms with Crippen molar-refractivity contribution in [2.45, 2.75) is 19.3 Å². The molecule has 1 aliphatic rings. The van der Waals surface area contributed by atoms with Crippen molar-refractivity contribution in [1.82, 2.24) is 4.90 Å². The van der Waals surface area contributed by atoms with Crippen LogP contribution in [0.3, 0.4) is 0 Å². The van der Waals surface area contributed by atoms with E-state index in [9.17, 15) is 0 Å². The highest BCUT2D eigenvalue weighted by atomic mass is 32.1. The van der Waals surface area contributed by atoms with Crippen LogP contribution in [0.1, 0.15) is 19.3 Å². The lowest BCUT2D eigenvalue weighted by molar-refractivity contribution is 0.179. The molecule has 0 bridgehead atoms. The number of likely N-dealkylation sites (tertiary alicyclic amines) is 1. The lowest BCUT2D eigenvalue weighted by atomic mass is 10.1. The normalized spacial score (nSPS) is 16.3. The molecule has 3 nitrogen and oxygen atoms in total. The summed E-state index contributed by atoms with van der Waals surface area (Å²) in [6, 6.07) is 7.85. The maximum Gasteiger partial charge on any atom is 0.161 e. The molecule has 1 aromatic rings. The third kappa shape index (κ3) is 4.96. The number of rotatable bonds is 7. The predicted molar refractivity (Wildman–Crippen MR) is 81.6 cm³/mol. The Morgan fingerprint density at radius 3 is 2.21 bits per heavy atom. The quantitative estimate of drug-likeness (QED) is 0.777. The molecule has 0 N–H and O–H groups in total. The summed E-state index contributed by atoms with van der Waals surface area (Å²) in [6.07, 6.45) is 4.01. The minimum Gasteiger partial charge on any atom is -0.489 e. The minimum atomic E-state index is 0.607. The van der Waals surface area contributed by atoms with Crippen LogP contribution in [-0.4, -0.2) is 43.5 Å². The largest absolute Gasteiger partial charge is 0.489 e. The second-order valence-corrected chi connectivity index (χ2v) is 5.22. The van der Waals surface area contributed by atoms with Crippen molar-refractivity contribution in [2.75, 3.05) is 38.6 Å². The van der Waals surface area contributed by atoms with Crippen LogP contribution < -0.4 is 9.47 Å². The second kappa shape index (κ2) is 8.33. The first-order valence-electron chi connectivity index (χ1n) is 7.08. The van der Waals surface area contributed by atoms with Crippen LogP contribution in [0, 0.1) is 0 Å². The molecule has 1 aromatic carbocycles. The van der Waals surface area contributed by atoms with Crippen LogP contribution in [0.4, 0.5) is 0 Å². The van der Waals surface area contributed by atoms with Gasteiger partial charge in [-0.3, -0.25) is 4.90 Å². The number of para-hydroxylation sites is 2. The zero-order valence-corrected chi connectivity index (χ0v) is 12.3. The van der Waals surface area contributed by atoms with E-state index in [2.05, 4.69) is 17.5 Å². The number of thiol groups is 1.